The van der Waals surface area contributed by atoms with E-state index in [0.717, 1.165) is 27.4 Å². The van der Waals surface area contributed by atoms with Crippen LogP contribution in [-0.4, -0.2) is 19.6 Å². The molecule has 0 atom stereocenters. The van der Waals surface area contributed by atoms with Crippen molar-refractivity contribution in [2.75, 3.05) is 19.0 Å². The van der Waals surface area contributed by atoms with Gasteiger partial charge in [0.25, 0.3) is 5.91 Å². The third-order valence-electron chi connectivity index (χ3n) is 3.30. The molecule has 0 saturated carbocycles. The number of hydrogen-bond acceptors (Lipinski definition) is 3. The summed E-state index contributed by atoms with van der Waals surface area (Å²) in [4.78, 5) is 12.0. The second-order valence-electron chi connectivity index (χ2n) is 5.34. The normalized spacial score (nSPS) is 10.4. The number of amides is 1. The fourth-order valence-corrected chi connectivity index (χ4v) is 2.35. The Morgan fingerprint density at radius 3 is 2.52 bits per heavy atom. The Morgan fingerprint density at radius 2 is 1.87 bits per heavy atom. The number of carbonyl (C=O) groups excluding carboxylic acids is 1. The molecule has 23 heavy (non-hydrogen) atoms. The molecular weight excluding hydrogens is 314 g/mol. The topological polar surface area (TPSA) is 47.6 Å². The first-order valence-corrected chi connectivity index (χ1v) is 7.64. The summed E-state index contributed by atoms with van der Waals surface area (Å²) in [6.45, 7) is 4.26. The lowest BCUT2D eigenvalue weighted by molar-refractivity contribution is -0.118. The molecular formula is C18H20ClNO3. The second-order valence-corrected chi connectivity index (χ2v) is 5.72. The van der Waals surface area contributed by atoms with Gasteiger partial charge in [-0.15, -0.1) is 0 Å². The Kier molecular flexibility index (Phi) is 6.02. The lowest BCUT2D eigenvalue weighted by Crippen LogP contribution is -2.20. The van der Waals surface area contributed by atoms with Gasteiger partial charge >= 0.3 is 0 Å². The minimum Gasteiger partial charge on any atom is -0.484 e. The summed E-state index contributed by atoms with van der Waals surface area (Å²) in [6.07, 6.45) is 0. The molecule has 2 aromatic carbocycles. The number of halogens is 1. The van der Waals surface area contributed by atoms with Crippen molar-refractivity contribution in [3.63, 3.8) is 0 Å². The molecule has 0 fully saturated rings. The van der Waals surface area contributed by atoms with E-state index in [9.17, 15) is 4.79 Å². The smallest absolute Gasteiger partial charge is 0.262 e. The van der Waals surface area contributed by atoms with Crippen molar-refractivity contribution in [3.05, 3.63) is 58.1 Å². The molecule has 0 aliphatic rings. The first kappa shape index (κ1) is 17.3. The van der Waals surface area contributed by atoms with Crippen molar-refractivity contribution in [1.82, 2.24) is 0 Å². The number of hydrogen-bond donors (Lipinski definition) is 1. The Labute approximate surface area is 141 Å². The minimum absolute atomic E-state index is 0.0605. The standard InChI is InChI=1S/C18H20ClNO3/c1-12-7-16(8-13(2)18(12)19)23-11-17(21)20-15-6-4-5-14(9-15)10-22-3/h4-9H,10-11H2,1-3H3,(H,20,21). The van der Waals surface area contributed by atoms with Crippen molar-refractivity contribution in [3.8, 4) is 5.75 Å². The maximum atomic E-state index is 12.0. The van der Waals surface area contributed by atoms with Crippen LogP contribution in [0.4, 0.5) is 5.69 Å². The van der Waals surface area contributed by atoms with Crippen molar-refractivity contribution >= 4 is 23.2 Å². The van der Waals surface area contributed by atoms with Gasteiger partial charge in [-0.25, -0.2) is 0 Å². The number of ether oxygens (including phenoxy) is 2. The number of benzene rings is 2. The van der Waals surface area contributed by atoms with E-state index >= 15 is 0 Å². The monoisotopic (exact) mass is 333 g/mol. The van der Waals surface area contributed by atoms with Crippen LogP contribution in [0.2, 0.25) is 5.02 Å². The number of nitrogens with one attached hydrogen (secondary N) is 1. The average Bonchev–Trinajstić information content (AvgIpc) is 2.51. The second kappa shape index (κ2) is 7.99. The van der Waals surface area contributed by atoms with Crippen LogP contribution < -0.4 is 10.1 Å². The summed E-state index contributed by atoms with van der Waals surface area (Å²) in [5, 5.41) is 3.53. The van der Waals surface area contributed by atoms with Gasteiger partial charge in [-0.1, -0.05) is 23.7 Å². The summed E-state index contributed by atoms with van der Waals surface area (Å²) in [5.74, 6) is 0.414. The van der Waals surface area contributed by atoms with Gasteiger partial charge in [-0.05, 0) is 54.8 Å². The number of carbonyl (C=O) groups is 1. The largest absolute Gasteiger partial charge is 0.484 e. The summed E-state index contributed by atoms with van der Waals surface area (Å²) < 4.78 is 10.6. The van der Waals surface area contributed by atoms with Crippen LogP contribution in [0.1, 0.15) is 16.7 Å². The predicted octanol–water partition coefficient (Wildman–Crippen LogP) is 4.12. The fourth-order valence-electron chi connectivity index (χ4n) is 2.24. The first-order chi connectivity index (χ1) is 11.0. The Hall–Kier alpha value is -2.04. The fraction of sp³-hybridized carbons (Fsp3) is 0.278. The molecule has 0 heterocycles. The van der Waals surface area contributed by atoms with Crippen LogP contribution in [0.5, 0.6) is 5.75 Å². The van der Waals surface area contributed by atoms with Gasteiger partial charge in [-0.2, -0.15) is 0 Å². The van der Waals surface area contributed by atoms with E-state index < -0.39 is 0 Å². The van der Waals surface area contributed by atoms with Gasteiger partial charge in [0.2, 0.25) is 0 Å². The predicted molar refractivity (Wildman–Crippen MR) is 92.2 cm³/mol. The van der Waals surface area contributed by atoms with Crippen LogP contribution in [0.25, 0.3) is 0 Å². The molecule has 0 aliphatic carbocycles. The van der Waals surface area contributed by atoms with E-state index in [1.54, 1.807) is 7.11 Å². The van der Waals surface area contributed by atoms with Gasteiger partial charge in [-0.3, -0.25) is 4.79 Å². The van der Waals surface area contributed by atoms with Crippen molar-refractivity contribution < 1.29 is 14.3 Å². The molecule has 0 radical (unpaired) electrons. The molecule has 2 aromatic rings. The molecule has 0 aromatic heterocycles. The van der Waals surface area contributed by atoms with Crippen molar-refractivity contribution in [1.29, 1.82) is 0 Å². The Morgan fingerprint density at radius 1 is 1.17 bits per heavy atom. The summed E-state index contributed by atoms with van der Waals surface area (Å²) >= 11 is 6.12. The average molecular weight is 334 g/mol. The molecule has 5 heteroatoms. The van der Waals surface area contributed by atoms with Gasteiger partial charge in [0.15, 0.2) is 6.61 Å². The lowest BCUT2D eigenvalue weighted by Gasteiger charge is -2.11. The van der Waals surface area contributed by atoms with Crippen LogP contribution in [0, 0.1) is 13.8 Å². The van der Waals surface area contributed by atoms with Gasteiger partial charge < -0.3 is 14.8 Å². The van der Waals surface area contributed by atoms with Crippen LogP contribution in [0.3, 0.4) is 0 Å². The summed E-state index contributed by atoms with van der Waals surface area (Å²) in [5.41, 5.74) is 3.57. The van der Waals surface area contributed by atoms with Gasteiger partial charge in [0, 0.05) is 17.8 Å². The van der Waals surface area contributed by atoms with E-state index in [-0.39, 0.29) is 12.5 Å². The molecule has 0 spiro atoms. The number of anilines is 1. The molecule has 122 valence electrons. The van der Waals surface area contributed by atoms with Crippen molar-refractivity contribution in [2.45, 2.75) is 20.5 Å². The zero-order valence-electron chi connectivity index (χ0n) is 13.5. The van der Waals surface area contributed by atoms with E-state index in [1.165, 1.54) is 0 Å². The van der Waals surface area contributed by atoms with Crippen molar-refractivity contribution in [2.24, 2.45) is 0 Å². The van der Waals surface area contributed by atoms with Crippen LogP contribution >= 0.6 is 11.6 Å². The Balaban J connectivity index is 1.94. The van der Waals surface area contributed by atoms with E-state index in [4.69, 9.17) is 21.1 Å². The summed E-state index contributed by atoms with van der Waals surface area (Å²) in [6, 6.07) is 11.2. The minimum atomic E-state index is -0.218. The highest BCUT2D eigenvalue weighted by molar-refractivity contribution is 6.32. The van der Waals surface area contributed by atoms with Gasteiger partial charge in [0.05, 0.1) is 6.61 Å². The van der Waals surface area contributed by atoms with Crippen LogP contribution in [-0.2, 0) is 16.1 Å². The van der Waals surface area contributed by atoms with Gasteiger partial charge in [0.1, 0.15) is 5.75 Å². The molecule has 1 N–H and O–H groups in total. The Bertz CT molecular complexity index is 677. The zero-order chi connectivity index (χ0) is 16.8. The van der Waals surface area contributed by atoms with E-state index in [0.29, 0.717) is 12.4 Å². The van der Waals surface area contributed by atoms with Crippen LogP contribution in [0.15, 0.2) is 36.4 Å². The quantitative estimate of drug-likeness (QED) is 0.865. The van der Waals surface area contributed by atoms with E-state index in [2.05, 4.69) is 5.32 Å². The molecule has 1 amide bonds. The van der Waals surface area contributed by atoms with E-state index in [1.807, 2.05) is 50.2 Å². The number of aryl methyl sites for hydroxylation is 2. The number of methoxy groups -OCH3 is 1. The summed E-state index contributed by atoms with van der Waals surface area (Å²) in [7, 11) is 1.63. The SMILES string of the molecule is COCc1cccc(NC(=O)COc2cc(C)c(Cl)c(C)c2)c1. The molecule has 0 saturated heterocycles. The molecule has 0 unspecified atom stereocenters. The zero-order valence-corrected chi connectivity index (χ0v) is 14.2. The highest BCUT2D eigenvalue weighted by atomic mass is 35.5. The highest BCUT2D eigenvalue weighted by Crippen LogP contribution is 2.25. The molecule has 0 aliphatic heterocycles. The molecule has 0 bridgehead atoms. The first-order valence-electron chi connectivity index (χ1n) is 7.27. The molecule has 4 nitrogen and oxygen atoms in total. The number of rotatable bonds is 6. The maximum absolute atomic E-state index is 12.0. The molecule has 2 rings (SSSR count). The lowest BCUT2D eigenvalue weighted by atomic mass is 10.1. The maximum Gasteiger partial charge on any atom is 0.262 e. The third-order valence-corrected chi connectivity index (χ3v) is 3.90. The third kappa shape index (κ3) is 4.98. The highest BCUT2D eigenvalue weighted by Gasteiger charge is 2.07.